The minimum absolute atomic E-state index is 0.00648. The van der Waals surface area contributed by atoms with Crippen molar-refractivity contribution in [2.75, 3.05) is 7.11 Å². The van der Waals surface area contributed by atoms with Gasteiger partial charge in [0.25, 0.3) is 0 Å². The Balaban J connectivity index is 2.67. The molecule has 2 aromatic rings. The van der Waals surface area contributed by atoms with Crippen molar-refractivity contribution in [3.63, 3.8) is 0 Å². The van der Waals surface area contributed by atoms with E-state index in [0.717, 1.165) is 5.56 Å². The van der Waals surface area contributed by atoms with Crippen molar-refractivity contribution in [1.82, 2.24) is 10.2 Å². The Kier molecular flexibility index (Phi) is 2.82. The first kappa shape index (κ1) is 11.2. The summed E-state index contributed by atoms with van der Waals surface area (Å²) >= 11 is 0. The standard InChI is InChI=1S/C12H12N2O3/c1-7-10(11(12(15)16)14-13-7)8-5-3-4-6-9(8)17-2/h3-6H,1-2H3,(H,13,14)(H,15,16). The number of aromatic amines is 1. The molecule has 5 heteroatoms. The molecule has 1 aromatic heterocycles. The van der Waals surface area contributed by atoms with E-state index in [1.807, 2.05) is 18.2 Å². The molecule has 2 N–H and O–H groups in total. The molecular weight excluding hydrogens is 220 g/mol. The van der Waals surface area contributed by atoms with Crippen molar-refractivity contribution >= 4 is 5.97 Å². The van der Waals surface area contributed by atoms with Crippen LogP contribution in [0.2, 0.25) is 0 Å². The smallest absolute Gasteiger partial charge is 0.357 e. The number of benzene rings is 1. The molecule has 1 heterocycles. The Hall–Kier alpha value is -2.30. The molecule has 0 aliphatic rings. The number of nitrogens with zero attached hydrogens (tertiary/aromatic N) is 1. The number of methoxy groups -OCH3 is 1. The van der Waals surface area contributed by atoms with Gasteiger partial charge in [0, 0.05) is 16.8 Å². The first-order valence-corrected chi connectivity index (χ1v) is 5.06. The number of nitrogens with one attached hydrogen (secondary N) is 1. The second kappa shape index (κ2) is 4.29. The minimum atomic E-state index is -1.06. The molecule has 0 aliphatic carbocycles. The fraction of sp³-hybridized carbons (Fsp3) is 0.167. The zero-order valence-electron chi connectivity index (χ0n) is 9.52. The number of aryl methyl sites for hydroxylation is 1. The summed E-state index contributed by atoms with van der Waals surface area (Å²) in [5.74, 6) is -0.435. The van der Waals surface area contributed by atoms with Crippen molar-refractivity contribution in [3.05, 3.63) is 35.7 Å². The highest BCUT2D eigenvalue weighted by molar-refractivity contribution is 5.95. The van der Waals surface area contributed by atoms with Crippen LogP contribution in [0.5, 0.6) is 5.75 Å². The van der Waals surface area contributed by atoms with E-state index in [2.05, 4.69) is 10.2 Å². The summed E-state index contributed by atoms with van der Waals surface area (Å²) in [5.41, 5.74) is 1.99. The van der Waals surface area contributed by atoms with E-state index in [1.54, 1.807) is 20.1 Å². The number of H-pyrrole nitrogens is 1. The van der Waals surface area contributed by atoms with Crippen molar-refractivity contribution < 1.29 is 14.6 Å². The number of ether oxygens (including phenoxy) is 1. The van der Waals surface area contributed by atoms with Crippen molar-refractivity contribution in [1.29, 1.82) is 0 Å². The van der Waals surface area contributed by atoms with E-state index in [9.17, 15) is 4.79 Å². The normalized spacial score (nSPS) is 10.2. The lowest BCUT2D eigenvalue weighted by Gasteiger charge is -2.07. The van der Waals surface area contributed by atoms with Crippen LogP contribution in [0.15, 0.2) is 24.3 Å². The Morgan fingerprint density at radius 2 is 2.12 bits per heavy atom. The third-order valence-electron chi connectivity index (χ3n) is 2.53. The summed E-state index contributed by atoms with van der Waals surface area (Å²) in [6, 6.07) is 7.25. The van der Waals surface area contributed by atoms with Gasteiger partial charge in [0.15, 0.2) is 5.69 Å². The molecule has 17 heavy (non-hydrogen) atoms. The van der Waals surface area contributed by atoms with E-state index in [1.165, 1.54) is 0 Å². The van der Waals surface area contributed by atoms with Crippen molar-refractivity contribution in [2.45, 2.75) is 6.92 Å². The van der Waals surface area contributed by atoms with Crippen molar-refractivity contribution in [3.8, 4) is 16.9 Å². The van der Waals surface area contributed by atoms with Gasteiger partial charge in [-0.25, -0.2) is 4.79 Å². The molecule has 0 fully saturated rings. The topological polar surface area (TPSA) is 75.2 Å². The summed E-state index contributed by atoms with van der Waals surface area (Å²) in [6.07, 6.45) is 0. The highest BCUT2D eigenvalue weighted by Crippen LogP contribution is 2.33. The number of aromatic nitrogens is 2. The fourth-order valence-corrected chi connectivity index (χ4v) is 1.76. The maximum absolute atomic E-state index is 11.1. The average Bonchev–Trinajstić information content (AvgIpc) is 2.71. The van der Waals surface area contributed by atoms with Crippen molar-refractivity contribution in [2.24, 2.45) is 0 Å². The van der Waals surface area contributed by atoms with E-state index in [4.69, 9.17) is 9.84 Å². The number of rotatable bonds is 3. The largest absolute Gasteiger partial charge is 0.496 e. The van der Waals surface area contributed by atoms with Gasteiger partial charge in [0.05, 0.1) is 7.11 Å². The number of hydrogen-bond donors (Lipinski definition) is 2. The number of carboxylic acid groups (broad SMARTS) is 1. The minimum Gasteiger partial charge on any atom is -0.496 e. The maximum atomic E-state index is 11.1. The number of hydrogen-bond acceptors (Lipinski definition) is 3. The third-order valence-corrected chi connectivity index (χ3v) is 2.53. The quantitative estimate of drug-likeness (QED) is 0.849. The molecule has 88 valence electrons. The van der Waals surface area contributed by atoms with Crippen LogP contribution in [0.1, 0.15) is 16.2 Å². The summed E-state index contributed by atoms with van der Waals surface area (Å²) in [4.78, 5) is 11.1. The van der Waals surface area contributed by atoms with Crippen LogP contribution >= 0.6 is 0 Å². The molecule has 0 radical (unpaired) electrons. The molecule has 5 nitrogen and oxygen atoms in total. The Morgan fingerprint density at radius 1 is 1.41 bits per heavy atom. The molecule has 0 amide bonds. The Morgan fingerprint density at radius 3 is 2.76 bits per heavy atom. The highest BCUT2D eigenvalue weighted by Gasteiger charge is 2.20. The molecule has 2 rings (SSSR count). The number of carbonyl (C=O) groups is 1. The van der Waals surface area contributed by atoms with Crippen LogP contribution in [0.4, 0.5) is 0 Å². The van der Waals surface area contributed by atoms with Gasteiger partial charge in [-0.2, -0.15) is 5.10 Å². The lowest BCUT2D eigenvalue weighted by atomic mass is 10.0. The molecule has 0 bridgehead atoms. The van der Waals surface area contributed by atoms with E-state index in [0.29, 0.717) is 17.0 Å². The molecule has 0 saturated heterocycles. The van der Waals surface area contributed by atoms with Crippen LogP contribution < -0.4 is 4.74 Å². The average molecular weight is 232 g/mol. The van der Waals surface area contributed by atoms with Crippen LogP contribution in [0.25, 0.3) is 11.1 Å². The number of carboxylic acids is 1. The molecule has 0 spiro atoms. The van der Waals surface area contributed by atoms with Gasteiger partial charge in [-0.05, 0) is 13.0 Å². The van der Waals surface area contributed by atoms with Gasteiger partial charge >= 0.3 is 5.97 Å². The SMILES string of the molecule is COc1ccccc1-c1c(C(=O)O)n[nH]c1C. The lowest BCUT2D eigenvalue weighted by molar-refractivity contribution is 0.0691. The first-order valence-electron chi connectivity index (χ1n) is 5.06. The predicted molar refractivity (Wildman–Crippen MR) is 62.3 cm³/mol. The van der Waals surface area contributed by atoms with E-state index in [-0.39, 0.29) is 5.69 Å². The molecular formula is C12H12N2O3. The second-order valence-corrected chi connectivity index (χ2v) is 3.58. The number of para-hydroxylation sites is 1. The zero-order chi connectivity index (χ0) is 12.4. The molecule has 0 saturated carbocycles. The Bertz CT molecular complexity index is 561. The summed E-state index contributed by atoms with van der Waals surface area (Å²) in [6.45, 7) is 1.78. The van der Waals surface area contributed by atoms with Gasteiger partial charge in [-0.3, -0.25) is 5.10 Å². The van der Waals surface area contributed by atoms with Crippen LogP contribution in [0.3, 0.4) is 0 Å². The van der Waals surface area contributed by atoms with Gasteiger partial charge < -0.3 is 9.84 Å². The van der Waals surface area contributed by atoms with E-state index >= 15 is 0 Å². The predicted octanol–water partition coefficient (Wildman–Crippen LogP) is 2.09. The maximum Gasteiger partial charge on any atom is 0.357 e. The summed E-state index contributed by atoms with van der Waals surface area (Å²) < 4.78 is 5.22. The first-order chi connectivity index (χ1) is 8.15. The van der Waals surface area contributed by atoms with Gasteiger partial charge in [0.1, 0.15) is 5.75 Å². The van der Waals surface area contributed by atoms with Gasteiger partial charge in [-0.1, -0.05) is 18.2 Å². The van der Waals surface area contributed by atoms with Crippen LogP contribution in [-0.2, 0) is 0 Å². The number of aromatic carboxylic acids is 1. The molecule has 0 atom stereocenters. The molecule has 1 aromatic carbocycles. The monoisotopic (exact) mass is 232 g/mol. The van der Waals surface area contributed by atoms with Gasteiger partial charge in [-0.15, -0.1) is 0 Å². The lowest BCUT2D eigenvalue weighted by Crippen LogP contribution is -2.00. The summed E-state index contributed by atoms with van der Waals surface area (Å²) in [5, 5.41) is 15.5. The third kappa shape index (κ3) is 1.87. The fourth-order valence-electron chi connectivity index (χ4n) is 1.76. The highest BCUT2D eigenvalue weighted by atomic mass is 16.5. The van der Waals surface area contributed by atoms with Crippen LogP contribution in [-0.4, -0.2) is 28.4 Å². The van der Waals surface area contributed by atoms with Gasteiger partial charge in [0.2, 0.25) is 0 Å². The molecule has 0 aliphatic heterocycles. The van der Waals surface area contributed by atoms with Crippen LogP contribution in [0, 0.1) is 6.92 Å². The zero-order valence-corrected chi connectivity index (χ0v) is 9.52. The van der Waals surface area contributed by atoms with E-state index < -0.39 is 5.97 Å². The summed E-state index contributed by atoms with van der Waals surface area (Å²) in [7, 11) is 1.55. The molecule has 0 unspecified atom stereocenters. The Labute approximate surface area is 98.0 Å². The second-order valence-electron chi connectivity index (χ2n) is 3.58.